The van der Waals surface area contributed by atoms with Gasteiger partial charge in [0.2, 0.25) is 0 Å². The topological polar surface area (TPSA) is 46.2 Å². The minimum absolute atomic E-state index is 0.266. The van der Waals surface area contributed by atoms with Crippen LogP contribution in [-0.4, -0.2) is 29.3 Å². The molecule has 62 valence electrons. The van der Waals surface area contributed by atoms with E-state index in [0.717, 1.165) is 12.3 Å². The number of rotatable bonds is 5. The minimum Gasteiger partial charge on any atom is -0.395 e. The van der Waals surface area contributed by atoms with Crippen molar-refractivity contribution in [1.29, 1.82) is 0 Å². The maximum absolute atomic E-state index is 8.67. The van der Waals surface area contributed by atoms with E-state index in [1.807, 2.05) is 6.92 Å². The zero-order chi connectivity index (χ0) is 7.98. The lowest BCUT2D eigenvalue weighted by Gasteiger charge is -2.10. The van der Waals surface area contributed by atoms with Crippen molar-refractivity contribution in [2.75, 3.05) is 18.9 Å². The Hall–Kier alpha value is 0.270. The van der Waals surface area contributed by atoms with Gasteiger partial charge in [0.25, 0.3) is 0 Å². The van der Waals surface area contributed by atoms with Gasteiger partial charge in [-0.25, -0.2) is 0 Å². The third-order valence-corrected chi connectivity index (χ3v) is 2.80. The summed E-state index contributed by atoms with van der Waals surface area (Å²) in [6.45, 7) is 5.15. The van der Waals surface area contributed by atoms with Gasteiger partial charge in [-0.2, -0.15) is 11.8 Å². The van der Waals surface area contributed by atoms with Gasteiger partial charge in [0.15, 0.2) is 0 Å². The van der Waals surface area contributed by atoms with Gasteiger partial charge < -0.3 is 10.8 Å². The van der Waals surface area contributed by atoms with E-state index in [1.165, 1.54) is 0 Å². The van der Waals surface area contributed by atoms with Crippen LogP contribution in [0, 0.1) is 5.92 Å². The quantitative estimate of drug-likeness (QED) is 0.627. The van der Waals surface area contributed by atoms with E-state index in [-0.39, 0.29) is 6.61 Å². The monoisotopic (exact) mass is 163 g/mol. The van der Waals surface area contributed by atoms with E-state index in [9.17, 15) is 0 Å². The second-order valence-corrected chi connectivity index (χ2v) is 4.14. The van der Waals surface area contributed by atoms with Crippen LogP contribution in [0.4, 0.5) is 0 Å². The number of nitrogens with two attached hydrogens (primary N) is 1. The molecule has 10 heavy (non-hydrogen) atoms. The molecule has 3 heteroatoms. The molecule has 0 aromatic heterocycles. The molecule has 0 spiro atoms. The zero-order valence-electron chi connectivity index (χ0n) is 6.71. The first kappa shape index (κ1) is 10.3. The van der Waals surface area contributed by atoms with Gasteiger partial charge in [-0.15, -0.1) is 0 Å². The van der Waals surface area contributed by atoms with Crippen molar-refractivity contribution >= 4 is 11.8 Å². The third kappa shape index (κ3) is 5.09. The Kier molecular flexibility index (Phi) is 6.17. The van der Waals surface area contributed by atoms with Crippen LogP contribution in [-0.2, 0) is 0 Å². The molecule has 0 saturated heterocycles. The summed E-state index contributed by atoms with van der Waals surface area (Å²) in [5.41, 5.74) is 5.42. The SMILES string of the molecule is CC(CN)CSC(C)CO. The van der Waals surface area contributed by atoms with Crippen molar-refractivity contribution in [2.45, 2.75) is 19.1 Å². The van der Waals surface area contributed by atoms with Crippen molar-refractivity contribution < 1.29 is 5.11 Å². The van der Waals surface area contributed by atoms with Crippen LogP contribution in [0.2, 0.25) is 0 Å². The summed E-state index contributed by atoms with van der Waals surface area (Å²) >= 11 is 1.78. The van der Waals surface area contributed by atoms with Gasteiger partial charge in [0.05, 0.1) is 6.61 Å². The zero-order valence-corrected chi connectivity index (χ0v) is 7.53. The van der Waals surface area contributed by atoms with E-state index in [0.29, 0.717) is 11.2 Å². The molecule has 0 aliphatic carbocycles. The highest BCUT2D eigenvalue weighted by atomic mass is 32.2. The first-order valence-electron chi connectivity index (χ1n) is 3.63. The standard InChI is InChI=1S/C7H17NOS/c1-6(3-8)5-10-7(2)4-9/h6-7,9H,3-5,8H2,1-2H3. The van der Waals surface area contributed by atoms with Crippen molar-refractivity contribution in [1.82, 2.24) is 0 Å². The van der Waals surface area contributed by atoms with Crippen LogP contribution in [0.3, 0.4) is 0 Å². The molecule has 0 rings (SSSR count). The molecule has 0 aliphatic rings. The molecule has 0 aliphatic heterocycles. The third-order valence-electron chi connectivity index (χ3n) is 1.32. The van der Waals surface area contributed by atoms with E-state index in [4.69, 9.17) is 10.8 Å². The summed E-state index contributed by atoms with van der Waals surface area (Å²) in [7, 11) is 0. The normalized spacial score (nSPS) is 16.8. The molecule has 0 aromatic rings. The van der Waals surface area contributed by atoms with Crippen LogP contribution in [0.1, 0.15) is 13.8 Å². The summed E-state index contributed by atoms with van der Waals surface area (Å²) < 4.78 is 0. The molecule has 3 N–H and O–H groups in total. The molecule has 0 saturated carbocycles. The van der Waals surface area contributed by atoms with Gasteiger partial charge in [-0.3, -0.25) is 0 Å². The van der Waals surface area contributed by atoms with Crippen molar-refractivity contribution in [2.24, 2.45) is 11.7 Å². The van der Waals surface area contributed by atoms with Crippen molar-refractivity contribution in [3.8, 4) is 0 Å². The maximum atomic E-state index is 8.67. The molecule has 0 fully saturated rings. The second-order valence-electron chi connectivity index (χ2n) is 2.67. The van der Waals surface area contributed by atoms with Gasteiger partial charge >= 0.3 is 0 Å². The summed E-state index contributed by atoms with van der Waals surface area (Å²) in [4.78, 5) is 0. The summed E-state index contributed by atoms with van der Waals surface area (Å²) in [5.74, 6) is 1.62. The Morgan fingerprint density at radius 3 is 2.50 bits per heavy atom. The number of thioether (sulfide) groups is 1. The molecule has 0 radical (unpaired) electrons. The number of hydrogen-bond donors (Lipinski definition) is 2. The second kappa shape index (κ2) is 6.01. The van der Waals surface area contributed by atoms with E-state index >= 15 is 0 Å². The van der Waals surface area contributed by atoms with Crippen LogP contribution >= 0.6 is 11.8 Å². The fraction of sp³-hybridized carbons (Fsp3) is 1.00. The van der Waals surface area contributed by atoms with Crippen molar-refractivity contribution in [3.63, 3.8) is 0 Å². The van der Waals surface area contributed by atoms with E-state index in [2.05, 4.69) is 6.92 Å². The predicted octanol–water partition coefficient (Wildman–Crippen LogP) is 0.695. The highest BCUT2D eigenvalue weighted by Gasteiger charge is 2.03. The van der Waals surface area contributed by atoms with Gasteiger partial charge in [-0.1, -0.05) is 13.8 Å². The molecule has 2 unspecified atom stereocenters. The van der Waals surface area contributed by atoms with Crippen molar-refractivity contribution in [3.05, 3.63) is 0 Å². The molecule has 2 atom stereocenters. The lowest BCUT2D eigenvalue weighted by Crippen LogP contribution is -2.15. The first-order valence-corrected chi connectivity index (χ1v) is 4.68. The molecule has 0 heterocycles. The molecule has 0 bridgehead atoms. The van der Waals surface area contributed by atoms with Crippen LogP contribution in [0.15, 0.2) is 0 Å². The Bertz CT molecular complexity index is 70.0. The highest BCUT2D eigenvalue weighted by Crippen LogP contribution is 2.13. The fourth-order valence-corrected chi connectivity index (χ4v) is 1.35. The Labute approximate surface area is 67.2 Å². The van der Waals surface area contributed by atoms with Crippen LogP contribution < -0.4 is 5.73 Å². The number of hydrogen-bond acceptors (Lipinski definition) is 3. The summed E-state index contributed by atoms with van der Waals surface area (Å²) in [6, 6.07) is 0. The maximum Gasteiger partial charge on any atom is 0.0547 e. The van der Waals surface area contributed by atoms with Gasteiger partial charge in [0.1, 0.15) is 0 Å². The minimum atomic E-state index is 0.266. The Balaban J connectivity index is 3.17. The fourth-order valence-electron chi connectivity index (χ4n) is 0.449. The van der Waals surface area contributed by atoms with Crippen LogP contribution in [0.25, 0.3) is 0 Å². The largest absolute Gasteiger partial charge is 0.395 e. The Morgan fingerprint density at radius 1 is 1.50 bits per heavy atom. The summed E-state index contributed by atoms with van der Waals surface area (Å²) in [5, 5.41) is 9.02. The molecule has 0 aromatic carbocycles. The molecule has 0 amide bonds. The lowest BCUT2D eigenvalue weighted by molar-refractivity contribution is 0.300. The highest BCUT2D eigenvalue weighted by molar-refractivity contribution is 7.99. The van der Waals surface area contributed by atoms with Gasteiger partial charge in [0, 0.05) is 5.25 Å². The Morgan fingerprint density at radius 2 is 2.10 bits per heavy atom. The first-order chi connectivity index (χ1) is 4.70. The predicted molar refractivity (Wildman–Crippen MR) is 47.2 cm³/mol. The smallest absolute Gasteiger partial charge is 0.0547 e. The molecular formula is C7H17NOS. The molecule has 2 nitrogen and oxygen atoms in total. The van der Waals surface area contributed by atoms with E-state index < -0.39 is 0 Å². The number of aliphatic hydroxyl groups is 1. The number of aliphatic hydroxyl groups excluding tert-OH is 1. The molecular weight excluding hydrogens is 146 g/mol. The average molecular weight is 163 g/mol. The lowest BCUT2D eigenvalue weighted by atomic mass is 10.2. The average Bonchev–Trinajstić information content (AvgIpc) is 1.99. The van der Waals surface area contributed by atoms with Gasteiger partial charge in [-0.05, 0) is 18.2 Å². The summed E-state index contributed by atoms with van der Waals surface area (Å²) in [6.07, 6.45) is 0. The van der Waals surface area contributed by atoms with E-state index in [1.54, 1.807) is 11.8 Å². The van der Waals surface area contributed by atoms with Crippen LogP contribution in [0.5, 0.6) is 0 Å².